The average molecular weight is 305 g/mol. The normalized spacial score (nSPS) is 14.8. The largest absolute Gasteiger partial charge is 0.449 e. The second kappa shape index (κ2) is 4.93. The van der Waals surface area contributed by atoms with Crippen molar-refractivity contribution < 1.29 is 14.3 Å². The van der Waals surface area contributed by atoms with Gasteiger partial charge in [0, 0.05) is 25.6 Å². The van der Waals surface area contributed by atoms with E-state index in [1.165, 1.54) is 0 Å². The lowest BCUT2D eigenvalue weighted by Gasteiger charge is -2.16. The first-order valence-corrected chi connectivity index (χ1v) is 6.77. The summed E-state index contributed by atoms with van der Waals surface area (Å²) in [5.74, 6) is 0.214. The van der Waals surface area contributed by atoms with E-state index < -0.39 is 5.79 Å². The number of fused-ring (bicyclic) bond motifs is 1. The average Bonchev–Trinajstić information content (AvgIpc) is 2.72. The minimum atomic E-state index is -0.695. The van der Waals surface area contributed by atoms with Crippen LogP contribution in [0.1, 0.15) is 24.3 Å². The lowest BCUT2D eigenvalue weighted by atomic mass is 10.2. The van der Waals surface area contributed by atoms with Gasteiger partial charge in [-0.05, 0) is 24.3 Å². The van der Waals surface area contributed by atoms with Gasteiger partial charge in [-0.1, -0.05) is 17.7 Å². The number of pyridine rings is 1. The maximum absolute atomic E-state index is 12.1. The molecule has 0 bridgehead atoms. The Labute approximate surface area is 126 Å². The summed E-state index contributed by atoms with van der Waals surface area (Å²) >= 11 is 5.77. The molecule has 6 heteroatoms. The summed E-state index contributed by atoms with van der Waals surface area (Å²) < 4.78 is 11.2. The van der Waals surface area contributed by atoms with Gasteiger partial charge in [0.1, 0.15) is 10.8 Å². The summed E-state index contributed by atoms with van der Waals surface area (Å²) in [7, 11) is 0. The molecule has 1 amide bonds. The van der Waals surface area contributed by atoms with Crippen LogP contribution in [0, 0.1) is 0 Å². The molecule has 5 nitrogen and oxygen atoms in total. The van der Waals surface area contributed by atoms with Crippen molar-refractivity contribution in [2.24, 2.45) is 0 Å². The maximum Gasteiger partial charge on any atom is 0.274 e. The summed E-state index contributed by atoms with van der Waals surface area (Å²) in [4.78, 5) is 16.1. The van der Waals surface area contributed by atoms with Crippen LogP contribution in [-0.2, 0) is 0 Å². The van der Waals surface area contributed by atoms with Crippen molar-refractivity contribution in [3.05, 3.63) is 47.2 Å². The number of benzene rings is 1. The van der Waals surface area contributed by atoms with Gasteiger partial charge in [-0.2, -0.15) is 0 Å². The van der Waals surface area contributed by atoms with Crippen molar-refractivity contribution in [1.29, 1.82) is 0 Å². The number of hydrogen-bond donors (Lipinski definition) is 1. The summed E-state index contributed by atoms with van der Waals surface area (Å²) in [6.07, 6.45) is 0. The van der Waals surface area contributed by atoms with Gasteiger partial charge in [0.05, 0.1) is 0 Å². The number of halogens is 1. The van der Waals surface area contributed by atoms with Crippen molar-refractivity contribution in [3.8, 4) is 11.5 Å². The van der Waals surface area contributed by atoms with E-state index in [1.807, 2.05) is 13.8 Å². The summed E-state index contributed by atoms with van der Waals surface area (Å²) in [5, 5.41) is 3.02. The van der Waals surface area contributed by atoms with Crippen LogP contribution in [0.25, 0.3) is 0 Å². The SMILES string of the molecule is CC1(C)Oc2ccc(NC(=O)c3cccc(Cl)n3)cc2O1. The topological polar surface area (TPSA) is 60.5 Å². The number of nitrogens with one attached hydrogen (secondary N) is 1. The highest BCUT2D eigenvalue weighted by atomic mass is 35.5. The van der Waals surface area contributed by atoms with E-state index >= 15 is 0 Å². The molecule has 0 saturated carbocycles. The number of carbonyl (C=O) groups is 1. The monoisotopic (exact) mass is 304 g/mol. The van der Waals surface area contributed by atoms with Crippen LogP contribution in [0.3, 0.4) is 0 Å². The molecule has 0 unspecified atom stereocenters. The number of amides is 1. The lowest BCUT2D eigenvalue weighted by molar-refractivity contribution is -0.0431. The van der Waals surface area contributed by atoms with Gasteiger partial charge in [-0.15, -0.1) is 0 Å². The molecule has 2 heterocycles. The lowest BCUT2D eigenvalue weighted by Crippen LogP contribution is -2.29. The van der Waals surface area contributed by atoms with Gasteiger partial charge in [-0.25, -0.2) is 4.98 Å². The predicted molar refractivity (Wildman–Crippen MR) is 79.0 cm³/mol. The molecule has 0 aliphatic carbocycles. The Morgan fingerprint density at radius 2 is 1.95 bits per heavy atom. The van der Waals surface area contributed by atoms with Gasteiger partial charge in [0.25, 0.3) is 5.91 Å². The van der Waals surface area contributed by atoms with Crippen LogP contribution >= 0.6 is 11.6 Å². The Morgan fingerprint density at radius 1 is 1.19 bits per heavy atom. The third-order valence-corrected chi connectivity index (χ3v) is 3.07. The van der Waals surface area contributed by atoms with Crippen molar-refractivity contribution in [2.45, 2.75) is 19.6 Å². The third-order valence-electron chi connectivity index (χ3n) is 2.86. The molecule has 1 aliphatic rings. The van der Waals surface area contributed by atoms with Gasteiger partial charge in [-0.3, -0.25) is 4.79 Å². The molecule has 3 rings (SSSR count). The Morgan fingerprint density at radius 3 is 2.71 bits per heavy atom. The highest BCUT2D eigenvalue weighted by molar-refractivity contribution is 6.29. The van der Waals surface area contributed by atoms with E-state index in [9.17, 15) is 4.79 Å². The first-order valence-electron chi connectivity index (χ1n) is 6.39. The number of hydrogen-bond acceptors (Lipinski definition) is 4. The van der Waals surface area contributed by atoms with E-state index in [-0.39, 0.29) is 16.8 Å². The number of rotatable bonds is 2. The summed E-state index contributed by atoms with van der Waals surface area (Å²) in [6.45, 7) is 3.64. The number of ether oxygens (including phenoxy) is 2. The van der Waals surface area contributed by atoms with Crippen molar-refractivity contribution in [3.63, 3.8) is 0 Å². The minimum absolute atomic E-state index is 0.250. The van der Waals surface area contributed by atoms with Gasteiger partial charge in [0.2, 0.25) is 5.79 Å². The third kappa shape index (κ3) is 2.92. The highest BCUT2D eigenvalue weighted by Gasteiger charge is 2.31. The molecular weight excluding hydrogens is 292 g/mol. The molecule has 1 N–H and O–H groups in total. The summed E-state index contributed by atoms with van der Waals surface area (Å²) in [6, 6.07) is 10.1. The zero-order valence-electron chi connectivity index (χ0n) is 11.5. The first kappa shape index (κ1) is 13.7. The van der Waals surface area contributed by atoms with Crippen LogP contribution in [0.2, 0.25) is 5.15 Å². The fraction of sp³-hybridized carbons (Fsp3) is 0.200. The number of nitrogens with zero attached hydrogens (tertiary/aromatic N) is 1. The molecule has 2 aromatic rings. The van der Waals surface area contributed by atoms with Crippen molar-refractivity contribution in [2.75, 3.05) is 5.32 Å². The molecule has 21 heavy (non-hydrogen) atoms. The molecule has 1 aromatic heterocycles. The zero-order valence-corrected chi connectivity index (χ0v) is 12.3. The highest BCUT2D eigenvalue weighted by Crippen LogP contribution is 2.40. The van der Waals surface area contributed by atoms with Gasteiger partial charge < -0.3 is 14.8 Å². The van der Waals surface area contributed by atoms with E-state index in [2.05, 4.69) is 10.3 Å². The van der Waals surface area contributed by atoms with E-state index in [1.54, 1.807) is 36.4 Å². The van der Waals surface area contributed by atoms with Gasteiger partial charge in [0.15, 0.2) is 11.5 Å². The fourth-order valence-corrected chi connectivity index (χ4v) is 2.19. The quantitative estimate of drug-likeness (QED) is 0.863. The van der Waals surface area contributed by atoms with Crippen LogP contribution in [0.4, 0.5) is 5.69 Å². The van der Waals surface area contributed by atoms with Gasteiger partial charge >= 0.3 is 0 Å². The van der Waals surface area contributed by atoms with E-state index in [4.69, 9.17) is 21.1 Å². The number of carbonyl (C=O) groups excluding carboxylic acids is 1. The second-order valence-corrected chi connectivity index (χ2v) is 5.45. The Kier molecular flexibility index (Phi) is 3.22. The van der Waals surface area contributed by atoms with Crippen molar-refractivity contribution in [1.82, 2.24) is 4.98 Å². The van der Waals surface area contributed by atoms with Crippen LogP contribution in [-0.4, -0.2) is 16.7 Å². The van der Waals surface area contributed by atoms with E-state index in [0.717, 1.165) is 0 Å². The molecule has 0 atom stereocenters. The Hall–Kier alpha value is -2.27. The molecule has 0 radical (unpaired) electrons. The molecule has 108 valence electrons. The fourth-order valence-electron chi connectivity index (χ4n) is 2.03. The molecule has 0 fully saturated rings. The zero-order chi connectivity index (χ0) is 15.0. The second-order valence-electron chi connectivity index (χ2n) is 5.07. The van der Waals surface area contributed by atoms with Crippen LogP contribution in [0.5, 0.6) is 11.5 Å². The standard InChI is InChI=1S/C15H13ClN2O3/c1-15(2)20-11-7-6-9(8-12(11)21-15)17-14(19)10-4-3-5-13(16)18-10/h3-8H,1-2H3,(H,17,19). The molecule has 0 spiro atoms. The molecule has 0 saturated heterocycles. The van der Waals surface area contributed by atoms with Crippen LogP contribution in [0.15, 0.2) is 36.4 Å². The molecule has 1 aromatic carbocycles. The van der Waals surface area contributed by atoms with Crippen LogP contribution < -0.4 is 14.8 Å². The predicted octanol–water partition coefficient (Wildman–Crippen LogP) is 3.49. The smallest absolute Gasteiger partial charge is 0.274 e. The first-order chi connectivity index (χ1) is 9.93. The Balaban J connectivity index is 1.79. The van der Waals surface area contributed by atoms with E-state index in [0.29, 0.717) is 17.2 Å². The minimum Gasteiger partial charge on any atom is -0.449 e. The maximum atomic E-state index is 12.1. The molecule has 1 aliphatic heterocycles. The molecular formula is C15H13ClN2O3. The van der Waals surface area contributed by atoms with Crippen molar-refractivity contribution >= 4 is 23.2 Å². The summed E-state index contributed by atoms with van der Waals surface area (Å²) in [5.41, 5.74) is 0.849. The Bertz CT molecular complexity index is 716. The number of aromatic nitrogens is 1. The number of anilines is 1.